The average Bonchev–Trinajstić information content (AvgIpc) is 4.09. The van der Waals surface area contributed by atoms with E-state index in [4.69, 9.17) is 30.8 Å². The number of anilines is 2. The molecule has 4 aliphatic heterocycles. The lowest BCUT2D eigenvalue weighted by molar-refractivity contribution is -0.122. The van der Waals surface area contributed by atoms with E-state index in [1.54, 1.807) is 18.2 Å². The van der Waals surface area contributed by atoms with E-state index in [0.29, 0.717) is 136 Å². The molecule has 6 unspecified atom stereocenters. The number of hydrogen-bond acceptors (Lipinski definition) is 13. The number of benzene rings is 1. The molecule has 4 saturated heterocycles. The van der Waals surface area contributed by atoms with Crippen molar-refractivity contribution in [3.63, 3.8) is 0 Å². The first-order valence-electron chi connectivity index (χ1n) is 25.0. The molecule has 6 atom stereocenters. The maximum Gasteiger partial charge on any atom is 0.251 e. The Balaban J connectivity index is 0.953. The summed E-state index contributed by atoms with van der Waals surface area (Å²) in [6.07, 6.45) is 11.4. The smallest absolute Gasteiger partial charge is 0.251 e. The van der Waals surface area contributed by atoms with Gasteiger partial charge >= 0.3 is 0 Å². The van der Waals surface area contributed by atoms with Crippen LogP contribution in [0, 0.1) is 10.8 Å². The Labute approximate surface area is 415 Å². The van der Waals surface area contributed by atoms with Crippen molar-refractivity contribution in [3.05, 3.63) is 23.8 Å². The molecule has 0 aliphatic carbocycles. The lowest BCUT2D eigenvalue weighted by Crippen LogP contribution is -2.36. The Kier molecular flexibility index (Phi) is 25.6. The number of rotatable bonds is 36. The van der Waals surface area contributed by atoms with Gasteiger partial charge in [0.2, 0.25) is 23.6 Å². The van der Waals surface area contributed by atoms with E-state index in [1.165, 1.54) is 0 Å². The first-order chi connectivity index (χ1) is 33.6. The standard InChI is InChI=1S/C47H78N12O8S2/c48-17-21-65-23-25-67-26-24-66-22-20-53-45(64)32-27-33(54-41(62)15-3-1-9-18-51-39(60)13-7-5-11-37-43-35(30-68-37)56-46(49)58-43)29-34(28-32)55-42(63)16-4-2-10-19-52-40(61)14-8-6-12-38-44-36(31-69-38)57-47(50)59-44/h27-29,35-38,43-44H,1-26,30-31,48H2,(H,51,60)(H,52,61)(H,53,64)(H,54,62)(H,55,63)(H3,49,56,58)(H3,50,57,59). The normalized spacial score (nSPS) is 21.1. The summed E-state index contributed by atoms with van der Waals surface area (Å²) >= 11 is 3.87. The fourth-order valence-corrected chi connectivity index (χ4v) is 11.8. The monoisotopic (exact) mass is 1000 g/mol. The molecular formula is C47H78N12O8S2. The number of unbranched alkanes of at least 4 members (excludes halogenated alkanes) is 6. The van der Waals surface area contributed by atoms with Crippen LogP contribution < -0.4 is 53.6 Å². The molecule has 20 nitrogen and oxygen atoms in total. The van der Waals surface area contributed by atoms with Gasteiger partial charge in [-0.1, -0.05) is 25.7 Å². The van der Waals surface area contributed by atoms with Crippen molar-refractivity contribution in [3.8, 4) is 0 Å². The van der Waals surface area contributed by atoms with Crippen molar-refractivity contribution < 1.29 is 38.2 Å². The molecular weight excluding hydrogens is 925 g/mol. The first-order valence-corrected chi connectivity index (χ1v) is 27.1. The molecule has 0 saturated carbocycles. The number of thioether (sulfide) groups is 2. The summed E-state index contributed by atoms with van der Waals surface area (Å²) in [5, 5.41) is 43.9. The lowest BCUT2D eigenvalue weighted by Gasteiger charge is -2.16. The van der Waals surface area contributed by atoms with Crippen LogP contribution >= 0.6 is 23.5 Å². The van der Waals surface area contributed by atoms with Crippen molar-refractivity contribution in [1.29, 1.82) is 10.8 Å². The molecule has 4 heterocycles. The molecule has 0 bridgehead atoms. The van der Waals surface area contributed by atoms with Gasteiger partial charge in [0, 0.05) is 90.8 Å². The van der Waals surface area contributed by atoms with Crippen LogP contribution in [0.2, 0.25) is 0 Å². The van der Waals surface area contributed by atoms with E-state index in [0.717, 1.165) is 75.7 Å². The van der Waals surface area contributed by atoms with Gasteiger partial charge in [-0.15, -0.1) is 0 Å². The van der Waals surface area contributed by atoms with Gasteiger partial charge in [-0.25, -0.2) is 0 Å². The first kappa shape index (κ1) is 55.6. The highest BCUT2D eigenvalue weighted by molar-refractivity contribution is 8.00. The Bertz CT molecular complexity index is 1710. The van der Waals surface area contributed by atoms with Crippen LogP contribution in [0.3, 0.4) is 0 Å². The predicted octanol–water partition coefficient (Wildman–Crippen LogP) is 2.74. The van der Waals surface area contributed by atoms with Crippen molar-refractivity contribution in [1.82, 2.24) is 37.2 Å². The van der Waals surface area contributed by atoms with E-state index in [1.807, 2.05) is 23.5 Å². The van der Waals surface area contributed by atoms with Gasteiger partial charge in [-0.05, 0) is 69.6 Å². The molecule has 5 rings (SSSR count). The number of amides is 5. The molecule has 4 aliphatic rings. The molecule has 386 valence electrons. The fourth-order valence-electron chi connectivity index (χ4n) is 8.73. The van der Waals surface area contributed by atoms with Gasteiger partial charge in [0.1, 0.15) is 0 Å². The second-order valence-corrected chi connectivity index (χ2v) is 20.5. The van der Waals surface area contributed by atoms with E-state index in [9.17, 15) is 24.0 Å². The average molecular weight is 1000 g/mol. The number of carbonyl (C=O) groups is 5. The van der Waals surface area contributed by atoms with Gasteiger partial charge in [0.05, 0.1) is 63.8 Å². The third kappa shape index (κ3) is 21.3. The number of carbonyl (C=O) groups excluding carboxylic acids is 5. The molecule has 4 fully saturated rings. The van der Waals surface area contributed by atoms with Crippen molar-refractivity contribution >= 4 is 76.4 Å². The SMILES string of the molecule is N=C1NC2CSC(CCCCC(=O)NCCCCCC(=O)Nc3cc(NC(=O)CCCCCNC(=O)CCCCC4SCC5NC(=N)NC54)cc(C(=O)NCCOCCOCCOCCN)c3)C2N1. The second-order valence-electron chi connectivity index (χ2n) is 17.9. The summed E-state index contributed by atoms with van der Waals surface area (Å²) in [5.74, 6) is 2.07. The minimum Gasteiger partial charge on any atom is -0.378 e. The van der Waals surface area contributed by atoms with Gasteiger partial charge in [0.25, 0.3) is 5.91 Å². The number of ether oxygens (including phenoxy) is 3. The van der Waals surface area contributed by atoms with Crippen LogP contribution in [0.1, 0.15) is 113 Å². The minimum absolute atomic E-state index is 0.0385. The number of nitrogens with two attached hydrogens (primary N) is 1. The Morgan fingerprint density at radius 2 is 0.986 bits per heavy atom. The predicted molar refractivity (Wildman–Crippen MR) is 273 cm³/mol. The molecule has 5 amide bonds. The molecule has 1 aromatic rings. The molecule has 1 aromatic carbocycles. The second kappa shape index (κ2) is 31.8. The largest absolute Gasteiger partial charge is 0.378 e. The highest BCUT2D eigenvalue weighted by Crippen LogP contribution is 2.34. The number of hydrogen-bond donors (Lipinski definition) is 12. The van der Waals surface area contributed by atoms with E-state index in [2.05, 4.69) is 47.9 Å². The van der Waals surface area contributed by atoms with Crippen LogP contribution in [-0.4, -0.2) is 153 Å². The summed E-state index contributed by atoms with van der Waals surface area (Å²) in [6, 6.07) is 6.05. The van der Waals surface area contributed by atoms with Crippen LogP contribution in [0.25, 0.3) is 0 Å². The van der Waals surface area contributed by atoms with Crippen LogP contribution in [0.5, 0.6) is 0 Å². The summed E-state index contributed by atoms with van der Waals surface area (Å²) in [6.45, 7) is 4.18. The summed E-state index contributed by atoms with van der Waals surface area (Å²) in [7, 11) is 0. The highest BCUT2D eigenvalue weighted by Gasteiger charge is 2.42. The number of fused-ring (bicyclic) bond motifs is 2. The van der Waals surface area contributed by atoms with Gasteiger partial charge in [-0.3, -0.25) is 34.8 Å². The van der Waals surface area contributed by atoms with Crippen LogP contribution in [0.15, 0.2) is 18.2 Å². The van der Waals surface area contributed by atoms with Crippen LogP contribution in [0.4, 0.5) is 11.4 Å². The zero-order valence-corrected chi connectivity index (χ0v) is 41.8. The van der Waals surface area contributed by atoms with Crippen LogP contribution in [-0.2, 0) is 33.4 Å². The minimum atomic E-state index is -0.387. The van der Waals surface area contributed by atoms with Crippen molar-refractivity contribution in [2.75, 3.05) is 88.0 Å². The molecule has 0 radical (unpaired) electrons. The van der Waals surface area contributed by atoms with Gasteiger partial charge in [0.15, 0.2) is 11.9 Å². The lowest BCUT2D eigenvalue weighted by atomic mass is 10.0. The van der Waals surface area contributed by atoms with E-state index >= 15 is 0 Å². The van der Waals surface area contributed by atoms with Gasteiger partial charge < -0.3 is 67.8 Å². The summed E-state index contributed by atoms with van der Waals surface area (Å²) in [4.78, 5) is 64.1. The third-order valence-corrected chi connectivity index (χ3v) is 15.3. The van der Waals surface area contributed by atoms with E-state index in [-0.39, 0.29) is 61.1 Å². The quantitative estimate of drug-likeness (QED) is 0.0431. The fraction of sp³-hybridized carbons (Fsp3) is 0.723. The summed E-state index contributed by atoms with van der Waals surface area (Å²) < 4.78 is 16.3. The maximum atomic E-state index is 13.2. The highest BCUT2D eigenvalue weighted by atomic mass is 32.2. The molecule has 0 aromatic heterocycles. The molecule has 13 N–H and O–H groups in total. The van der Waals surface area contributed by atoms with Gasteiger partial charge in [-0.2, -0.15) is 23.5 Å². The Hall–Kier alpha value is -4.35. The summed E-state index contributed by atoms with van der Waals surface area (Å²) in [5.41, 5.74) is 6.43. The number of nitrogens with one attached hydrogen (secondary N) is 11. The zero-order valence-electron chi connectivity index (χ0n) is 40.2. The molecule has 69 heavy (non-hydrogen) atoms. The topological polar surface area (TPSA) is 295 Å². The Morgan fingerprint density at radius 3 is 1.48 bits per heavy atom. The third-order valence-electron chi connectivity index (χ3n) is 12.3. The zero-order chi connectivity index (χ0) is 49.1. The number of guanidine groups is 2. The molecule has 0 spiro atoms. The van der Waals surface area contributed by atoms with E-state index < -0.39 is 0 Å². The molecule has 22 heteroatoms. The van der Waals surface area contributed by atoms with Crippen molar-refractivity contribution in [2.24, 2.45) is 5.73 Å². The van der Waals surface area contributed by atoms with Crippen molar-refractivity contribution in [2.45, 2.75) is 137 Å². The Morgan fingerprint density at radius 1 is 0.536 bits per heavy atom. The maximum absolute atomic E-state index is 13.2.